The van der Waals surface area contributed by atoms with Gasteiger partial charge in [-0.3, -0.25) is 9.48 Å². The van der Waals surface area contributed by atoms with Crippen LogP contribution in [0.15, 0.2) is 6.07 Å². The Hall–Kier alpha value is -1.32. The molecule has 2 rings (SSSR count). The molecule has 1 heterocycles. The van der Waals surface area contributed by atoms with Crippen molar-refractivity contribution in [3.8, 4) is 0 Å². The van der Waals surface area contributed by atoms with Crippen LogP contribution in [-0.4, -0.2) is 32.7 Å². The van der Waals surface area contributed by atoms with Crippen LogP contribution in [0.4, 0.5) is 0 Å². The van der Waals surface area contributed by atoms with Gasteiger partial charge in [-0.25, -0.2) is 0 Å². The average Bonchev–Trinajstić information content (AvgIpc) is 3.09. The second-order valence-corrected chi connectivity index (χ2v) is 7.72. The van der Waals surface area contributed by atoms with E-state index in [4.69, 9.17) is 0 Å². The number of aryl methyl sites for hydroxylation is 1. The third kappa shape index (κ3) is 3.30. The van der Waals surface area contributed by atoms with E-state index in [9.17, 15) is 4.79 Å². The zero-order valence-electron chi connectivity index (χ0n) is 14.5. The van der Waals surface area contributed by atoms with Crippen LogP contribution in [0.2, 0.25) is 0 Å². The maximum Gasteiger partial charge on any atom is 0.272 e. The number of nitrogens with zero attached hydrogens (tertiary/aromatic N) is 3. The summed E-state index contributed by atoms with van der Waals surface area (Å²) in [7, 11) is 1.87. The highest BCUT2D eigenvalue weighted by molar-refractivity contribution is 5.93. The minimum absolute atomic E-state index is 0.0373. The van der Waals surface area contributed by atoms with E-state index >= 15 is 0 Å². The van der Waals surface area contributed by atoms with Gasteiger partial charge in [-0.15, -0.1) is 0 Å². The number of carbonyl (C=O) groups excluding carboxylic acids is 1. The van der Waals surface area contributed by atoms with Gasteiger partial charge in [0.05, 0.1) is 5.69 Å². The van der Waals surface area contributed by atoms with Crippen LogP contribution < -0.4 is 0 Å². The molecule has 4 heteroatoms. The van der Waals surface area contributed by atoms with Gasteiger partial charge in [-0.1, -0.05) is 34.6 Å². The van der Waals surface area contributed by atoms with Gasteiger partial charge in [0.2, 0.25) is 0 Å². The largest absolute Gasteiger partial charge is 0.331 e. The van der Waals surface area contributed by atoms with E-state index in [0.717, 1.165) is 18.5 Å². The molecule has 1 fully saturated rings. The molecule has 0 bridgehead atoms. The van der Waals surface area contributed by atoms with Crippen molar-refractivity contribution in [2.45, 2.75) is 71.9 Å². The summed E-state index contributed by atoms with van der Waals surface area (Å²) in [5.41, 5.74) is 1.64. The normalized spacial score (nSPS) is 17.1. The van der Waals surface area contributed by atoms with E-state index in [2.05, 4.69) is 51.5 Å². The van der Waals surface area contributed by atoms with Gasteiger partial charge in [-0.05, 0) is 31.7 Å². The molecule has 1 amide bonds. The third-order valence-electron chi connectivity index (χ3n) is 4.45. The standard InChI is InChI=1S/C17H29N3O/c1-11(2)12(3)20(13-8-9-13)16(21)14-10-15(17(4,5)6)18-19(14)7/h10-13H,8-9H2,1-7H3. The monoisotopic (exact) mass is 291 g/mol. The summed E-state index contributed by atoms with van der Waals surface area (Å²) in [6.07, 6.45) is 2.26. The van der Waals surface area contributed by atoms with E-state index in [1.807, 2.05) is 13.1 Å². The Morgan fingerprint density at radius 3 is 2.29 bits per heavy atom. The van der Waals surface area contributed by atoms with Crippen LogP contribution in [-0.2, 0) is 12.5 Å². The Kier molecular flexibility index (Phi) is 4.18. The number of amides is 1. The Labute approximate surface area is 128 Å². The minimum Gasteiger partial charge on any atom is -0.331 e. The van der Waals surface area contributed by atoms with Crippen molar-refractivity contribution in [2.75, 3.05) is 0 Å². The lowest BCUT2D eigenvalue weighted by atomic mass is 9.92. The van der Waals surface area contributed by atoms with E-state index in [1.54, 1.807) is 4.68 Å². The van der Waals surface area contributed by atoms with Crippen LogP contribution in [0, 0.1) is 5.92 Å². The summed E-state index contributed by atoms with van der Waals surface area (Å²) >= 11 is 0. The van der Waals surface area contributed by atoms with E-state index in [1.165, 1.54) is 0 Å². The fraction of sp³-hybridized carbons (Fsp3) is 0.765. The third-order valence-corrected chi connectivity index (χ3v) is 4.45. The van der Waals surface area contributed by atoms with Gasteiger partial charge in [0.25, 0.3) is 5.91 Å². The minimum atomic E-state index is -0.0373. The molecule has 1 atom stereocenters. The quantitative estimate of drug-likeness (QED) is 0.853. The molecule has 1 aromatic rings. The van der Waals surface area contributed by atoms with Gasteiger partial charge in [0.1, 0.15) is 5.69 Å². The number of hydrogen-bond donors (Lipinski definition) is 0. The van der Waals surface area contributed by atoms with Crippen molar-refractivity contribution in [2.24, 2.45) is 13.0 Å². The highest BCUT2D eigenvalue weighted by Gasteiger charge is 2.38. The fourth-order valence-electron chi connectivity index (χ4n) is 2.52. The maximum absolute atomic E-state index is 13.0. The van der Waals surface area contributed by atoms with Crippen molar-refractivity contribution in [3.63, 3.8) is 0 Å². The molecular weight excluding hydrogens is 262 g/mol. The van der Waals surface area contributed by atoms with Crippen molar-refractivity contribution in [1.29, 1.82) is 0 Å². The van der Waals surface area contributed by atoms with Crippen LogP contribution in [0.3, 0.4) is 0 Å². The fourth-order valence-corrected chi connectivity index (χ4v) is 2.52. The molecule has 0 saturated heterocycles. The maximum atomic E-state index is 13.0. The van der Waals surface area contributed by atoms with Crippen LogP contribution in [0.1, 0.15) is 70.6 Å². The van der Waals surface area contributed by atoms with Gasteiger partial charge in [-0.2, -0.15) is 5.10 Å². The topological polar surface area (TPSA) is 38.1 Å². The van der Waals surface area contributed by atoms with Crippen molar-refractivity contribution in [1.82, 2.24) is 14.7 Å². The summed E-state index contributed by atoms with van der Waals surface area (Å²) < 4.78 is 1.74. The Bertz CT molecular complexity index is 521. The van der Waals surface area contributed by atoms with Crippen molar-refractivity contribution < 1.29 is 4.79 Å². The lowest BCUT2D eigenvalue weighted by Crippen LogP contribution is -2.43. The first-order valence-corrected chi connectivity index (χ1v) is 8.00. The second kappa shape index (κ2) is 5.47. The summed E-state index contributed by atoms with van der Waals surface area (Å²) in [4.78, 5) is 15.1. The first-order valence-electron chi connectivity index (χ1n) is 8.00. The molecule has 4 nitrogen and oxygen atoms in total. The average molecular weight is 291 g/mol. The first kappa shape index (κ1) is 16.1. The van der Waals surface area contributed by atoms with Crippen LogP contribution in [0.5, 0.6) is 0 Å². The molecule has 118 valence electrons. The smallest absolute Gasteiger partial charge is 0.272 e. The molecule has 0 spiro atoms. The predicted molar refractivity (Wildman–Crippen MR) is 85.4 cm³/mol. The molecule has 21 heavy (non-hydrogen) atoms. The lowest BCUT2D eigenvalue weighted by Gasteiger charge is -2.32. The van der Waals surface area contributed by atoms with E-state index in [0.29, 0.717) is 17.7 Å². The van der Waals surface area contributed by atoms with Gasteiger partial charge in [0, 0.05) is 24.5 Å². The number of rotatable bonds is 4. The lowest BCUT2D eigenvalue weighted by molar-refractivity contribution is 0.0616. The summed E-state index contributed by atoms with van der Waals surface area (Å²) in [5.74, 6) is 0.592. The molecule has 0 N–H and O–H groups in total. The summed E-state index contributed by atoms with van der Waals surface area (Å²) in [6.45, 7) is 12.9. The van der Waals surface area contributed by atoms with Gasteiger partial charge in [0.15, 0.2) is 0 Å². The molecule has 1 saturated carbocycles. The molecular formula is C17H29N3O. The van der Waals surface area contributed by atoms with Crippen molar-refractivity contribution >= 4 is 5.91 Å². The number of hydrogen-bond acceptors (Lipinski definition) is 2. The molecule has 0 aliphatic heterocycles. The Balaban J connectivity index is 2.31. The Morgan fingerprint density at radius 2 is 1.90 bits per heavy atom. The highest BCUT2D eigenvalue weighted by atomic mass is 16.2. The SMILES string of the molecule is CC(C)C(C)N(C(=O)c1cc(C(C)(C)C)nn1C)C1CC1. The molecule has 1 aliphatic carbocycles. The molecule has 0 aromatic carbocycles. The Morgan fingerprint density at radius 1 is 1.33 bits per heavy atom. The molecule has 0 radical (unpaired) electrons. The van der Waals surface area contributed by atoms with E-state index in [-0.39, 0.29) is 17.4 Å². The summed E-state index contributed by atoms with van der Waals surface area (Å²) in [5, 5.41) is 4.54. The van der Waals surface area contributed by atoms with Gasteiger partial charge >= 0.3 is 0 Å². The number of carbonyl (C=O) groups is 1. The number of aromatic nitrogens is 2. The van der Waals surface area contributed by atoms with Gasteiger partial charge < -0.3 is 4.90 Å². The van der Waals surface area contributed by atoms with E-state index < -0.39 is 0 Å². The van der Waals surface area contributed by atoms with Crippen LogP contribution in [0.25, 0.3) is 0 Å². The molecule has 1 aliphatic rings. The molecule has 1 aromatic heterocycles. The first-order chi connectivity index (χ1) is 9.62. The second-order valence-electron chi connectivity index (χ2n) is 7.72. The highest BCUT2D eigenvalue weighted by Crippen LogP contribution is 2.32. The van der Waals surface area contributed by atoms with Crippen molar-refractivity contribution in [3.05, 3.63) is 17.5 Å². The zero-order chi connectivity index (χ0) is 15.9. The zero-order valence-corrected chi connectivity index (χ0v) is 14.5. The summed E-state index contributed by atoms with van der Waals surface area (Å²) in [6, 6.07) is 2.64. The molecule has 1 unspecified atom stereocenters. The van der Waals surface area contributed by atoms with Crippen LogP contribution >= 0.6 is 0 Å². The predicted octanol–water partition coefficient (Wildman–Crippen LogP) is 3.37.